The van der Waals surface area contributed by atoms with Crippen LogP contribution >= 0.6 is 0 Å². The molecule has 1 aliphatic heterocycles. The van der Waals surface area contributed by atoms with Gasteiger partial charge in [-0.1, -0.05) is 37.6 Å². The van der Waals surface area contributed by atoms with E-state index in [1.165, 1.54) is 12.0 Å². The molecule has 2 nitrogen and oxygen atoms in total. The molecule has 0 amide bonds. The first-order chi connectivity index (χ1) is 7.24. The molecule has 1 aliphatic rings. The van der Waals surface area contributed by atoms with Gasteiger partial charge in [-0.25, -0.2) is 0 Å². The van der Waals surface area contributed by atoms with Crippen molar-refractivity contribution in [3.8, 4) is 0 Å². The Morgan fingerprint density at radius 2 is 2.00 bits per heavy atom. The fourth-order valence-corrected chi connectivity index (χ4v) is 1.98. The van der Waals surface area contributed by atoms with Crippen LogP contribution in [0, 0.1) is 0 Å². The van der Waals surface area contributed by atoms with Crippen molar-refractivity contribution in [1.82, 2.24) is 0 Å². The molecule has 0 saturated carbocycles. The number of ether oxygens (including phenoxy) is 2. The minimum Gasteiger partial charge on any atom is -0.344 e. The van der Waals surface area contributed by atoms with Crippen LogP contribution < -0.4 is 0 Å². The molecule has 2 rings (SSSR count). The van der Waals surface area contributed by atoms with Crippen LogP contribution in [0.5, 0.6) is 0 Å². The fourth-order valence-electron chi connectivity index (χ4n) is 1.98. The van der Waals surface area contributed by atoms with Gasteiger partial charge in [0.15, 0.2) is 5.79 Å². The van der Waals surface area contributed by atoms with Crippen molar-refractivity contribution in [2.45, 2.75) is 32.5 Å². The summed E-state index contributed by atoms with van der Waals surface area (Å²) < 4.78 is 11.3. The molecular weight excluding hydrogens is 188 g/mol. The third kappa shape index (κ3) is 2.21. The molecule has 0 radical (unpaired) electrons. The lowest BCUT2D eigenvalue weighted by Gasteiger charge is -2.23. The van der Waals surface area contributed by atoms with Crippen LogP contribution in [0.15, 0.2) is 24.3 Å². The Morgan fingerprint density at radius 1 is 1.27 bits per heavy atom. The van der Waals surface area contributed by atoms with Gasteiger partial charge in [-0.2, -0.15) is 0 Å². The van der Waals surface area contributed by atoms with Crippen molar-refractivity contribution in [2.24, 2.45) is 0 Å². The molecular formula is C13H18O2. The highest BCUT2D eigenvalue weighted by atomic mass is 16.7. The molecule has 0 spiro atoms. The third-order valence-electron chi connectivity index (χ3n) is 2.83. The molecule has 1 fully saturated rings. The lowest BCUT2D eigenvalue weighted by atomic mass is 10.0. The number of hydrogen-bond donors (Lipinski definition) is 0. The maximum absolute atomic E-state index is 5.64. The lowest BCUT2D eigenvalue weighted by Crippen LogP contribution is -2.22. The Bertz CT molecular complexity index is 327. The highest BCUT2D eigenvalue weighted by Crippen LogP contribution is 2.31. The highest BCUT2D eigenvalue weighted by molar-refractivity contribution is 5.27. The Balaban J connectivity index is 2.23. The topological polar surface area (TPSA) is 18.5 Å². The first-order valence-electron chi connectivity index (χ1n) is 5.62. The first kappa shape index (κ1) is 10.7. The zero-order valence-electron chi connectivity index (χ0n) is 9.45. The SMILES string of the molecule is CCCc1cccc(C2(C)OCCO2)c1. The lowest BCUT2D eigenvalue weighted by molar-refractivity contribution is -0.149. The van der Waals surface area contributed by atoms with Gasteiger partial charge in [0, 0.05) is 5.56 Å². The van der Waals surface area contributed by atoms with Crippen LogP contribution in [0.4, 0.5) is 0 Å². The van der Waals surface area contributed by atoms with Crippen molar-refractivity contribution in [3.05, 3.63) is 35.4 Å². The van der Waals surface area contributed by atoms with Crippen LogP contribution in [0.3, 0.4) is 0 Å². The summed E-state index contributed by atoms with van der Waals surface area (Å²) in [6, 6.07) is 8.50. The molecule has 0 atom stereocenters. The van der Waals surface area contributed by atoms with Crippen LogP contribution in [0.1, 0.15) is 31.4 Å². The van der Waals surface area contributed by atoms with E-state index in [-0.39, 0.29) is 0 Å². The van der Waals surface area contributed by atoms with Gasteiger partial charge in [0.1, 0.15) is 0 Å². The zero-order chi connectivity index (χ0) is 10.7. The molecule has 2 heteroatoms. The third-order valence-corrected chi connectivity index (χ3v) is 2.83. The Kier molecular flexibility index (Phi) is 3.08. The van der Waals surface area contributed by atoms with Crippen molar-refractivity contribution in [2.75, 3.05) is 13.2 Å². The molecule has 1 aromatic carbocycles. The van der Waals surface area contributed by atoms with Crippen LogP contribution in [0.2, 0.25) is 0 Å². The van der Waals surface area contributed by atoms with E-state index in [2.05, 4.69) is 31.2 Å². The summed E-state index contributed by atoms with van der Waals surface area (Å²) in [5.74, 6) is -0.524. The molecule has 15 heavy (non-hydrogen) atoms. The van der Waals surface area contributed by atoms with Gasteiger partial charge < -0.3 is 9.47 Å². The molecule has 0 aromatic heterocycles. The number of benzene rings is 1. The quantitative estimate of drug-likeness (QED) is 0.757. The van der Waals surface area contributed by atoms with Crippen molar-refractivity contribution < 1.29 is 9.47 Å². The predicted molar refractivity (Wildman–Crippen MR) is 59.7 cm³/mol. The minimum absolute atomic E-state index is 0.524. The van der Waals surface area contributed by atoms with Gasteiger partial charge in [-0.15, -0.1) is 0 Å². The van der Waals surface area contributed by atoms with E-state index in [1.54, 1.807) is 0 Å². The molecule has 0 N–H and O–H groups in total. The Labute approximate surface area is 91.2 Å². The van der Waals surface area contributed by atoms with Gasteiger partial charge in [0.25, 0.3) is 0 Å². The summed E-state index contributed by atoms with van der Waals surface area (Å²) in [6.07, 6.45) is 2.28. The second-order valence-electron chi connectivity index (χ2n) is 4.09. The minimum atomic E-state index is -0.524. The summed E-state index contributed by atoms with van der Waals surface area (Å²) >= 11 is 0. The zero-order valence-corrected chi connectivity index (χ0v) is 9.45. The monoisotopic (exact) mass is 206 g/mol. The molecule has 1 aromatic rings. The van der Waals surface area contributed by atoms with Crippen molar-refractivity contribution in [3.63, 3.8) is 0 Å². The van der Waals surface area contributed by atoms with E-state index in [1.807, 2.05) is 6.92 Å². The number of rotatable bonds is 3. The largest absolute Gasteiger partial charge is 0.344 e. The molecule has 82 valence electrons. The Morgan fingerprint density at radius 3 is 2.67 bits per heavy atom. The van der Waals surface area contributed by atoms with Crippen LogP contribution in [-0.2, 0) is 21.7 Å². The second kappa shape index (κ2) is 4.33. The molecule has 1 heterocycles. The standard InChI is InChI=1S/C13H18O2/c1-3-5-11-6-4-7-12(10-11)13(2)14-8-9-15-13/h4,6-7,10H,3,5,8-9H2,1-2H3. The highest BCUT2D eigenvalue weighted by Gasteiger charge is 2.32. The fraction of sp³-hybridized carbons (Fsp3) is 0.538. The van der Waals surface area contributed by atoms with Crippen LogP contribution in [-0.4, -0.2) is 13.2 Å². The van der Waals surface area contributed by atoms with E-state index in [0.717, 1.165) is 12.0 Å². The predicted octanol–water partition coefficient (Wildman–Crippen LogP) is 2.86. The second-order valence-corrected chi connectivity index (χ2v) is 4.09. The van der Waals surface area contributed by atoms with Gasteiger partial charge >= 0.3 is 0 Å². The average molecular weight is 206 g/mol. The van der Waals surface area contributed by atoms with Gasteiger partial charge in [-0.3, -0.25) is 0 Å². The summed E-state index contributed by atoms with van der Waals surface area (Å²) in [5, 5.41) is 0. The maximum atomic E-state index is 5.64. The van der Waals surface area contributed by atoms with E-state index < -0.39 is 5.79 Å². The van der Waals surface area contributed by atoms with Gasteiger partial charge in [0.2, 0.25) is 0 Å². The summed E-state index contributed by atoms with van der Waals surface area (Å²) in [6.45, 7) is 5.56. The summed E-state index contributed by atoms with van der Waals surface area (Å²) in [5.41, 5.74) is 2.49. The summed E-state index contributed by atoms with van der Waals surface area (Å²) in [7, 11) is 0. The van der Waals surface area contributed by atoms with E-state index in [0.29, 0.717) is 13.2 Å². The van der Waals surface area contributed by atoms with Crippen molar-refractivity contribution in [1.29, 1.82) is 0 Å². The summed E-state index contributed by atoms with van der Waals surface area (Å²) in [4.78, 5) is 0. The maximum Gasteiger partial charge on any atom is 0.192 e. The number of hydrogen-bond acceptors (Lipinski definition) is 2. The molecule has 0 aliphatic carbocycles. The van der Waals surface area contributed by atoms with Crippen molar-refractivity contribution >= 4 is 0 Å². The molecule has 1 saturated heterocycles. The normalized spacial score (nSPS) is 19.3. The van der Waals surface area contributed by atoms with E-state index in [9.17, 15) is 0 Å². The number of aryl methyl sites for hydroxylation is 1. The average Bonchev–Trinajstić information content (AvgIpc) is 2.68. The van der Waals surface area contributed by atoms with Gasteiger partial charge in [-0.05, 0) is 18.9 Å². The van der Waals surface area contributed by atoms with E-state index >= 15 is 0 Å². The molecule has 0 unspecified atom stereocenters. The first-order valence-corrected chi connectivity index (χ1v) is 5.62. The smallest absolute Gasteiger partial charge is 0.192 e. The van der Waals surface area contributed by atoms with Crippen LogP contribution in [0.25, 0.3) is 0 Å². The van der Waals surface area contributed by atoms with Gasteiger partial charge in [0.05, 0.1) is 13.2 Å². The van der Waals surface area contributed by atoms with E-state index in [4.69, 9.17) is 9.47 Å². The molecule has 0 bridgehead atoms. The Hall–Kier alpha value is -0.860.